The zero-order chi connectivity index (χ0) is 19.5. The van der Waals surface area contributed by atoms with Crippen molar-refractivity contribution in [2.24, 2.45) is 0 Å². The van der Waals surface area contributed by atoms with Crippen LogP contribution in [0.25, 0.3) is 0 Å². The SMILES string of the molecule is CCCC(CC)(Pc1c(C)cccc1C(F)(F)F)c1cc(C)ccc1O. The summed E-state index contributed by atoms with van der Waals surface area (Å²) in [5, 5.41) is 10.3. The maximum absolute atomic E-state index is 13.6. The highest BCUT2D eigenvalue weighted by molar-refractivity contribution is 7.48. The third kappa shape index (κ3) is 4.23. The lowest BCUT2D eigenvalue weighted by atomic mass is 9.89. The first-order chi connectivity index (χ1) is 12.1. The molecule has 0 amide bonds. The van der Waals surface area contributed by atoms with E-state index >= 15 is 0 Å². The highest BCUT2D eigenvalue weighted by Gasteiger charge is 2.38. The van der Waals surface area contributed by atoms with Crippen molar-refractivity contribution in [1.82, 2.24) is 0 Å². The fourth-order valence-corrected chi connectivity index (χ4v) is 5.49. The third-order valence-electron chi connectivity index (χ3n) is 4.89. The second kappa shape index (κ2) is 8.00. The lowest BCUT2D eigenvalue weighted by Gasteiger charge is -2.35. The van der Waals surface area contributed by atoms with E-state index in [2.05, 4.69) is 0 Å². The van der Waals surface area contributed by atoms with Crippen LogP contribution in [0.3, 0.4) is 0 Å². The van der Waals surface area contributed by atoms with Gasteiger partial charge in [-0.3, -0.25) is 0 Å². The van der Waals surface area contributed by atoms with Crippen LogP contribution in [-0.4, -0.2) is 5.11 Å². The number of aryl methyl sites for hydroxylation is 2. The lowest BCUT2D eigenvalue weighted by Crippen LogP contribution is -2.27. The Balaban J connectivity index is 2.66. The van der Waals surface area contributed by atoms with Gasteiger partial charge in [-0.05, 0) is 49.7 Å². The molecular weight excluding hydrogens is 356 g/mol. The molecule has 2 aromatic rings. The van der Waals surface area contributed by atoms with Crippen molar-refractivity contribution in [3.8, 4) is 5.75 Å². The van der Waals surface area contributed by atoms with Gasteiger partial charge in [0, 0.05) is 10.7 Å². The third-order valence-corrected chi connectivity index (χ3v) is 7.16. The number of phenolic OH excluding ortho intramolecular Hbond substituents is 1. The van der Waals surface area contributed by atoms with E-state index in [0.717, 1.165) is 30.0 Å². The molecule has 0 fully saturated rings. The monoisotopic (exact) mass is 382 g/mol. The van der Waals surface area contributed by atoms with E-state index in [4.69, 9.17) is 0 Å². The summed E-state index contributed by atoms with van der Waals surface area (Å²) in [6, 6.07) is 9.76. The molecular formula is C21H26F3OP. The van der Waals surface area contributed by atoms with Crippen LogP contribution in [0.4, 0.5) is 13.2 Å². The van der Waals surface area contributed by atoms with Gasteiger partial charge in [-0.2, -0.15) is 13.2 Å². The molecule has 2 rings (SSSR count). The van der Waals surface area contributed by atoms with Gasteiger partial charge in [-0.1, -0.05) is 58.7 Å². The lowest BCUT2D eigenvalue weighted by molar-refractivity contribution is -0.136. The largest absolute Gasteiger partial charge is 0.508 e. The number of alkyl halides is 3. The van der Waals surface area contributed by atoms with Crippen molar-refractivity contribution < 1.29 is 18.3 Å². The first-order valence-corrected chi connectivity index (χ1v) is 9.89. The number of halogens is 3. The average molecular weight is 382 g/mol. The molecule has 0 radical (unpaired) electrons. The molecule has 5 heteroatoms. The Morgan fingerprint density at radius 3 is 2.27 bits per heavy atom. The summed E-state index contributed by atoms with van der Waals surface area (Å²) < 4.78 is 40.8. The first kappa shape index (κ1) is 20.8. The molecule has 0 aliphatic rings. The predicted octanol–water partition coefficient (Wildman–Crippen LogP) is 6.44. The van der Waals surface area contributed by atoms with Gasteiger partial charge in [0.15, 0.2) is 0 Å². The number of aromatic hydroxyl groups is 1. The van der Waals surface area contributed by atoms with Gasteiger partial charge < -0.3 is 5.11 Å². The minimum absolute atomic E-state index is 0.0659. The number of rotatable bonds is 6. The second-order valence-electron chi connectivity index (χ2n) is 6.83. The fourth-order valence-electron chi connectivity index (χ4n) is 3.49. The van der Waals surface area contributed by atoms with E-state index in [-0.39, 0.29) is 14.3 Å². The topological polar surface area (TPSA) is 20.2 Å². The van der Waals surface area contributed by atoms with Crippen LogP contribution in [-0.2, 0) is 11.3 Å². The molecule has 0 saturated heterocycles. The number of phenols is 1. The van der Waals surface area contributed by atoms with Gasteiger partial charge in [0.2, 0.25) is 0 Å². The highest BCUT2D eigenvalue weighted by atomic mass is 31.1. The summed E-state index contributed by atoms with van der Waals surface area (Å²) in [6.45, 7) is 7.70. The Morgan fingerprint density at radius 2 is 1.69 bits per heavy atom. The van der Waals surface area contributed by atoms with Crippen LogP contribution in [0, 0.1) is 13.8 Å². The van der Waals surface area contributed by atoms with Gasteiger partial charge >= 0.3 is 6.18 Å². The highest BCUT2D eigenvalue weighted by Crippen LogP contribution is 2.52. The minimum Gasteiger partial charge on any atom is -0.508 e. The Labute approximate surface area is 155 Å². The zero-order valence-electron chi connectivity index (χ0n) is 15.7. The Bertz CT molecular complexity index is 770. The molecule has 0 aliphatic heterocycles. The van der Waals surface area contributed by atoms with E-state index < -0.39 is 16.9 Å². The maximum atomic E-state index is 13.6. The molecule has 0 saturated carbocycles. The number of benzene rings is 2. The van der Waals surface area contributed by atoms with Crippen LogP contribution in [0.2, 0.25) is 0 Å². The Morgan fingerprint density at radius 1 is 1.00 bits per heavy atom. The standard InChI is InChI=1S/C21H26F3OP/c1-5-12-20(6-2,17-13-14(3)10-11-18(17)25)26-19-15(4)8-7-9-16(19)21(22,23)24/h7-11,13,25-26H,5-6,12H2,1-4H3. The van der Waals surface area contributed by atoms with Gasteiger partial charge in [-0.15, -0.1) is 0 Å². The molecule has 26 heavy (non-hydrogen) atoms. The smallest absolute Gasteiger partial charge is 0.417 e. The van der Waals surface area contributed by atoms with Gasteiger partial charge in [0.05, 0.1) is 5.56 Å². The molecule has 142 valence electrons. The molecule has 2 aromatic carbocycles. The molecule has 1 nitrogen and oxygen atoms in total. The van der Waals surface area contributed by atoms with Gasteiger partial charge in [0.25, 0.3) is 0 Å². The van der Waals surface area contributed by atoms with Gasteiger partial charge in [-0.25, -0.2) is 0 Å². The fraction of sp³-hybridized carbons (Fsp3) is 0.429. The van der Waals surface area contributed by atoms with Crippen LogP contribution >= 0.6 is 8.58 Å². The van der Waals surface area contributed by atoms with E-state index in [9.17, 15) is 18.3 Å². The molecule has 2 unspecified atom stereocenters. The summed E-state index contributed by atoms with van der Waals surface area (Å²) in [7, 11) is -0.0659. The van der Waals surface area contributed by atoms with Crippen molar-refractivity contribution in [3.05, 3.63) is 58.7 Å². The van der Waals surface area contributed by atoms with E-state index in [1.165, 1.54) is 6.07 Å². The Kier molecular flexibility index (Phi) is 6.39. The molecule has 0 aliphatic carbocycles. The molecule has 0 heterocycles. The van der Waals surface area contributed by atoms with E-state index in [0.29, 0.717) is 17.3 Å². The van der Waals surface area contributed by atoms with Crippen molar-refractivity contribution in [1.29, 1.82) is 0 Å². The van der Waals surface area contributed by atoms with Crippen LogP contribution in [0.1, 0.15) is 55.4 Å². The summed E-state index contributed by atoms with van der Waals surface area (Å²) >= 11 is 0. The first-order valence-electron chi connectivity index (χ1n) is 8.89. The number of hydrogen-bond donors (Lipinski definition) is 1. The van der Waals surface area contributed by atoms with Crippen molar-refractivity contribution in [3.63, 3.8) is 0 Å². The van der Waals surface area contributed by atoms with Crippen LogP contribution in [0.5, 0.6) is 5.75 Å². The average Bonchev–Trinajstić information content (AvgIpc) is 2.57. The molecule has 0 aromatic heterocycles. The van der Waals surface area contributed by atoms with Crippen molar-refractivity contribution in [2.75, 3.05) is 0 Å². The molecule has 0 bridgehead atoms. The maximum Gasteiger partial charge on any atom is 0.417 e. The Hall–Kier alpha value is -1.54. The number of hydrogen-bond acceptors (Lipinski definition) is 1. The van der Waals surface area contributed by atoms with Gasteiger partial charge in [0.1, 0.15) is 5.75 Å². The molecule has 1 N–H and O–H groups in total. The summed E-state index contributed by atoms with van der Waals surface area (Å²) in [4.78, 5) is 0. The van der Waals surface area contributed by atoms with E-state index in [1.54, 1.807) is 19.1 Å². The van der Waals surface area contributed by atoms with E-state index in [1.807, 2.05) is 32.9 Å². The van der Waals surface area contributed by atoms with Crippen molar-refractivity contribution in [2.45, 2.75) is 58.3 Å². The van der Waals surface area contributed by atoms with Crippen LogP contribution < -0.4 is 5.30 Å². The summed E-state index contributed by atoms with van der Waals surface area (Å²) in [5.74, 6) is 0.167. The normalized spacial score (nSPS) is 14.7. The van der Waals surface area contributed by atoms with Crippen molar-refractivity contribution >= 4 is 13.9 Å². The quantitative estimate of drug-likeness (QED) is 0.570. The predicted molar refractivity (Wildman–Crippen MR) is 104 cm³/mol. The van der Waals surface area contributed by atoms with Crippen LogP contribution in [0.15, 0.2) is 36.4 Å². The molecule has 2 atom stereocenters. The second-order valence-corrected chi connectivity index (χ2v) is 8.53. The summed E-state index contributed by atoms with van der Waals surface area (Å²) in [6.07, 6.45) is -2.15. The zero-order valence-corrected chi connectivity index (χ0v) is 16.7. The minimum atomic E-state index is -4.38. The summed E-state index contributed by atoms with van der Waals surface area (Å²) in [5.41, 5.74) is 1.85. The molecule has 0 spiro atoms.